The summed E-state index contributed by atoms with van der Waals surface area (Å²) < 4.78 is 0. The second kappa shape index (κ2) is 40.5. The minimum Gasteiger partial charge on any atom is -0.481 e. The predicted octanol–water partition coefficient (Wildman–Crippen LogP) is 13.4. The fourth-order valence-corrected chi connectivity index (χ4v) is 3.82. The van der Waals surface area contributed by atoms with Crippen molar-refractivity contribution in [3.05, 3.63) is 97.2 Å². The number of rotatable bonds is 27. The molecule has 42 heavy (non-hydrogen) atoms. The van der Waals surface area contributed by atoms with Crippen LogP contribution in [-0.4, -0.2) is 11.1 Å². The Balaban J connectivity index is 0. The first kappa shape index (κ1) is 41.5. The largest absolute Gasteiger partial charge is 0.481 e. The van der Waals surface area contributed by atoms with Gasteiger partial charge < -0.3 is 5.11 Å². The van der Waals surface area contributed by atoms with E-state index in [0.29, 0.717) is 0 Å². The van der Waals surface area contributed by atoms with Crippen LogP contribution in [0, 0.1) is 0 Å². The highest BCUT2D eigenvalue weighted by Gasteiger charge is 1.92. The molecule has 0 saturated carbocycles. The molecule has 0 saturated heterocycles. The molecule has 0 fully saturated rings. The molecular formula is C40H66O2. The van der Waals surface area contributed by atoms with Gasteiger partial charge in [-0.05, 0) is 83.5 Å². The van der Waals surface area contributed by atoms with Crippen molar-refractivity contribution in [3.8, 4) is 0 Å². The van der Waals surface area contributed by atoms with Gasteiger partial charge in [0, 0.05) is 6.42 Å². The molecule has 0 spiro atoms. The van der Waals surface area contributed by atoms with Crippen molar-refractivity contribution in [1.29, 1.82) is 0 Å². The Bertz CT molecular complexity index is 773. The molecule has 0 atom stereocenters. The lowest BCUT2D eigenvalue weighted by Crippen LogP contribution is -1.92. The van der Waals surface area contributed by atoms with Crippen LogP contribution in [0.4, 0.5) is 0 Å². The quantitative estimate of drug-likeness (QED) is 0.0777. The van der Waals surface area contributed by atoms with Crippen LogP contribution in [-0.2, 0) is 4.79 Å². The molecule has 0 aliphatic heterocycles. The molecule has 0 heterocycles. The van der Waals surface area contributed by atoms with Crippen LogP contribution in [0.25, 0.3) is 0 Å². The number of carboxylic acids is 1. The van der Waals surface area contributed by atoms with Gasteiger partial charge in [0.05, 0.1) is 0 Å². The molecule has 1 N–H and O–H groups in total. The Morgan fingerprint density at radius 1 is 0.381 bits per heavy atom. The van der Waals surface area contributed by atoms with Crippen molar-refractivity contribution in [2.45, 2.75) is 149 Å². The maximum absolute atomic E-state index is 10.3. The summed E-state index contributed by atoms with van der Waals surface area (Å²) in [6.45, 7) is 6.72. The number of allylic oxidation sites excluding steroid dienone is 16. The molecule has 2 nitrogen and oxygen atoms in total. The third-order valence-corrected chi connectivity index (χ3v) is 6.40. The Labute approximate surface area is 261 Å². The van der Waals surface area contributed by atoms with E-state index in [1.165, 1.54) is 70.6 Å². The molecule has 0 aromatic carbocycles. The molecule has 0 aliphatic carbocycles. The second-order valence-electron chi connectivity index (χ2n) is 10.6. The monoisotopic (exact) mass is 579 g/mol. The summed E-state index contributed by atoms with van der Waals surface area (Å²) >= 11 is 0. The summed E-state index contributed by atoms with van der Waals surface area (Å²) in [5.41, 5.74) is 0. The molecule has 0 bridgehead atoms. The van der Waals surface area contributed by atoms with Gasteiger partial charge in [0.25, 0.3) is 0 Å². The zero-order valence-corrected chi connectivity index (χ0v) is 27.7. The van der Waals surface area contributed by atoms with Crippen LogP contribution >= 0.6 is 0 Å². The van der Waals surface area contributed by atoms with E-state index >= 15 is 0 Å². The minimum atomic E-state index is -0.712. The van der Waals surface area contributed by atoms with Gasteiger partial charge in [-0.2, -0.15) is 0 Å². The van der Waals surface area contributed by atoms with Crippen molar-refractivity contribution in [3.63, 3.8) is 0 Å². The predicted molar refractivity (Wildman–Crippen MR) is 190 cm³/mol. The van der Waals surface area contributed by atoms with Crippen LogP contribution in [0.3, 0.4) is 0 Å². The first-order valence-electron chi connectivity index (χ1n) is 17.1. The van der Waals surface area contributed by atoms with Crippen LogP contribution in [0.2, 0.25) is 0 Å². The highest BCUT2D eigenvalue weighted by atomic mass is 16.4. The number of carboxylic acid groups (broad SMARTS) is 1. The molecule has 0 amide bonds. The standard InChI is InChI=1S/C20H32O2.C20H34/c1-2-3-4-5-6-7-8-9-10-11-12-13-14-15-16-17-18-19-20(21)22;1-3-5-7-9-11-13-15-17-19-20-18-16-14-12-10-8-6-4-2/h6-7,9-10,12-13,15-16H,2-5,8,11,14,17-19H2,1H3,(H,21,22);9,11-12,14-15,17-18,20H,3-8,10,13,16,19H2,1-2H3/b7-6-,10-9-,13-12-,16-15-;. The van der Waals surface area contributed by atoms with Gasteiger partial charge in [0.2, 0.25) is 0 Å². The first-order chi connectivity index (χ1) is 20.7. The fraction of sp³-hybridized carbons (Fsp3) is 0.575. The number of carbonyl (C=O) groups is 1. The van der Waals surface area contributed by atoms with Gasteiger partial charge >= 0.3 is 5.97 Å². The van der Waals surface area contributed by atoms with E-state index in [9.17, 15) is 4.79 Å². The average Bonchev–Trinajstić information content (AvgIpc) is 2.98. The van der Waals surface area contributed by atoms with E-state index < -0.39 is 5.97 Å². The number of hydrogen-bond donors (Lipinski definition) is 1. The summed E-state index contributed by atoms with van der Waals surface area (Å²) in [5, 5.41) is 8.49. The summed E-state index contributed by atoms with van der Waals surface area (Å²) in [4.78, 5) is 10.3. The number of hydrogen-bond acceptors (Lipinski definition) is 1. The smallest absolute Gasteiger partial charge is 0.303 e. The first-order valence-corrected chi connectivity index (χ1v) is 17.1. The van der Waals surface area contributed by atoms with Crippen molar-refractivity contribution in [2.24, 2.45) is 0 Å². The zero-order valence-electron chi connectivity index (χ0n) is 27.7. The number of unbranched alkanes of at least 4 members (excludes halogenated alkanes) is 9. The van der Waals surface area contributed by atoms with Crippen LogP contribution in [0.1, 0.15) is 149 Å². The lowest BCUT2D eigenvalue weighted by atomic mass is 10.2. The maximum atomic E-state index is 10.3. The Morgan fingerprint density at radius 2 is 0.643 bits per heavy atom. The van der Waals surface area contributed by atoms with Crippen molar-refractivity contribution in [2.75, 3.05) is 0 Å². The molecule has 0 rings (SSSR count). The molecular weight excluding hydrogens is 512 g/mol. The van der Waals surface area contributed by atoms with Gasteiger partial charge in [-0.1, -0.05) is 157 Å². The molecule has 0 aromatic heterocycles. The molecule has 0 unspecified atom stereocenters. The molecule has 0 radical (unpaired) electrons. The van der Waals surface area contributed by atoms with Crippen molar-refractivity contribution in [1.82, 2.24) is 0 Å². The highest BCUT2D eigenvalue weighted by molar-refractivity contribution is 5.66. The van der Waals surface area contributed by atoms with Gasteiger partial charge in [0.15, 0.2) is 0 Å². The van der Waals surface area contributed by atoms with E-state index in [1.54, 1.807) is 0 Å². The third kappa shape index (κ3) is 44.4. The van der Waals surface area contributed by atoms with E-state index in [4.69, 9.17) is 5.11 Å². The molecule has 238 valence electrons. The SMILES string of the molecule is CCCCC/C=C\C/C=C\C/C=C\C/C=C\CCCC(=O)O.CCCCC=CCC=CCC=CCC=CCCCCC. The van der Waals surface area contributed by atoms with Crippen LogP contribution in [0.5, 0.6) is 0 Å². The summed E-state index contributed by atoms with van der Waals surface area (Å²) in [7, 11) is 0. The van der Waals surface area contributed by atoms with Gasteiger partial charge in [-0.15, -0.1) is 0 Å². The number of aliphatic carboxylic acids is 1. The highest BCUT2D eigenvalue weighted by Crippen LogP contribution is 2.03. The van der Waals surface area contributed by atoms with E-state index in [0.717, 1.165) is 51.4 Å². The topological polar surface area (TPSA) is 37.3 Å². The van der Waals surface area contributed by atoms with Crippen molar-refractivity contribution < 1.29 is 9.90 Å². The lowest BCUT2D eigenvalue weighted by Gasteiger charge is -1.90. The lowest BCUT2D eigenvalue weighted by molar-refractivity contribution is -0.137. The Morgan fingerprint density at radius 3 is 0.929 bits per heavy atom. The summed E-state index contributed by atoms with van der Waals surface area (Å²) in [6, 6.07) is 0. The molecule has 0 aromatic rings. The van der Waals surface area contributed by atoms with E-state index in [-0.39, 0.29) is 6.42 Å². The van der Waals surface area contributed by atoms with E-state index in [2.05, 4.69) is 118 Å². The van der Waals surface area contributed by atoms with Crippen molar-refractivity contribution >= 4 is 5.97 Å². The third-order valence-electron chi connectivity index (χ3n) is 6.40. The minimum absolute atomic E-state index is 0.262. The van der Waals surface area contributed by atoms with E-state index in [1.807, 2.05) is 0 Å². The van der Waals surface area contributed by atoms with Gasteiger partial charge in [0.1, 0.15) is 0 Å². The Hall–Kier alpha value is -2.61. The summed E-state index contributed by atoms with van der Waals surface area (Å²) in [6.07, 6.45) is 57.9. The fourth-order valence-electron chi connectivity index (χ4n) is 3.82. The summed E-state index contributed by atoms with van der Waals surface area (Å²) in [5.74, 6) is -0.712. The normalized spacial score (nSPS) is 12.5. The van der Waals surface area contributed by atoms with Crippen LogP contribution in [0.15, 0.2) is 97.2 Å². The average molecular weight is 579 g/mol. The molecule has 2 heteroatoms. The maximum Gasteiger partial charge on any atom is 0.303 e. The van der Waals surface area contributed by atoms with Crippen LogP contribution < -0.4 is 0 Å². The van der Waals surface area contributed by atoms with Gasteiger partial charge in [-0.25, -0.2) is 0 Å². The second-order valence-corrected chi connectivity index (χ2v) is 10.6. The van der Waals surface area contributed by atoms with Gasteiger partial charge in [-0.3, -0.25) is 4.79 Å². The Kier molecular flexibility index (Phi) is 40.1. The molecule has 0 aliphatic rings. The zero-order chi connectivity index (χ0) is 31.0.